The Bertz CT molecular complexity index is 402. The fraction of sp³-hybridized carbons (Fsp3) is 0.250. The maximum absolute atomic E-state index is 12.6. The number of carbonyl (C=O) groups is 1. The Kier molecular flexibility index (Phi) is 2.40. The van der Waals surface area contributed by atoms with Gasteiger partial charge >= 0.3 is 0 Å². The SMILES string of the molecule is C[C@@]1(C(=O)/C=C/c2ccc(F)cc2)CO1. The third-order valence-electron chi connectivity index (χ3n) is 2.40. The lowest BCUT2D eigenvalue weighted by Crippen LogP contribution is -2.17. The first-order valence-electron chi connectivity index (χ1n) is 4.72. The van der Waals surface area contributed by atoms with Gasteiger partial charge in [0, 0.05) is 0 Å². The van der Waals surface area contributed by atoms with Gasteiger partial charge in [-0.3, -0.25) is 4.79 Å². The summed E-state index contributed by atoms with van der Waals surface area (Å²) in [6.45, 7) is 2.24. The Balaban J connectivity index is 2.05. The molecule has 0 aliphatic carbocycles. The van der Waals surface area contributed by atoms with Crippen LogP contribution in [0.5, 0.6) is 0 Å². The van der Waals surface area contributed by atoms with Crippen LogP contribution >= 0.6 is 0 Å². The first kappa shape index (κ1) is 10.1. The number of benzene rings is 1. The lowest BCUT2D eigenvalue weighted by molar-refractivity contribution is -0.118. The van der Waals surface area contributed by atoms with Crippen molar-refractivity contribution in [2.45, 2.75) is 12.5 Å². The Hall–Kier alpha value is -1.48. The standard InChI is InChI=1S/C12H11FO2/c1-12(8-15-12)11(14)7-4-9-2-5-10(13)6-3-9/h2-7H,8H2,1H3/b7-4+/t12-/m0/s1. The van der Waals surface area contributed by atoms with E-state index >= 15 is 0 Å². The predicted molar refractivity (Wildman–Crippen MR) is 54.8 cm³/mol. The zero-order chi connectivity index (χ0) is 10.9. The summed E-state index contributed by atoms with van der Waals surface area (Å²) in [5.41, 5.74) is 0.185. The molecule has 1 aliphatic heterocycles. The fourth-order valence-electron chi connectivity index (χ4n) is 1.17. The van der Waals surface area contributed by atoms with Crippen molar-refractivity contribution < 1.29 is 13.9 Å². The number of epoxide rings is 1. The Morgan fingerprint density at radius 3 is 2.60 bits per heavy atom. The van der Waals surface area contributed by atoms with Crippen LogP contribution in [0.2, 0.25) is 0 Å². The van der Waals surface area contributed by atoms with E-state index in [9.17, 15) is 9.18 Å². The van der Waals surface area contributed by atoms with Crippen molar-refractivity contribution in [3.63, 3.8) is 0 Å². The molecule has 1 aromatic carbocycles. The number of hydrogen-bond acceptors (Lipinski definition) is 2. The highest BCUT2D eigenvalue weighted by molar-refractivity contribution is 6.01. The van der Waals surface area contributed by atoms with Crippen LogP contribution in [0.25, 0.3) is 6.08 Å². The minimum Gasteiger partial charge on any atom is -0.361 e. The van der Waals surface area contributed by atoms with Gasteiger partial charge in [0.2, 0.25) is 0 Å². The smallest absolute Gasteiger partial charge is 0.189 e. The zero-order valence-corrected chi connectivity index (χ0v) is 8.37. The monoisotopic (exact) mass is 206 g/mol. The second-order valence-corrected chi connectivity index (χ2v) is 3.77. The molecule has 0 spiro atoms. The number of rotatable bonds is 3. The van der Waals surface area contributed by atoms with Crippen LogP contribution in [0.4, 0.5) is 4.39 Å². The summed E-state index contributed by atoms with van der Waals surface area (Å²) in [5.74, 6) is -0.331. The van der Waals surface area contributed by atoms with Crippen molar-refractivity contribution in [1.29, 1.82) is 0 Å². The average Bonchev–Trinajstić information content (AvgIpc) is 2.97. The summed E-state index contributed by atoms with van der Waals surface area (Å²) in [4.78, 5) is 11.5. The Morgan fingerprint density at radius 2 is 2.07 bits per heavy atom. The number of halogens is 1. The van der Waals surface area contributed by atoms with Crippen molar-refractivity contribution in [2.75, 3.05) is 6.61 Å². The lowest BCUT2D eigenvalue weighted by atomic mass is 10.1. The second kappa shape index (κ2) is 3.59. The molecule has 3 heteroatoms. The molecule has 0 amide bonds. The normalized spacial score (nSPS) is 24.4. The molecule has 0 radical (unpaired) electrons. The molecule has 2 nitrogen and oxygen atoms in total. The van der Waals surface area contributed by atoms with Crippen molar-refractivity contribution in [1.82, 2.24) is 0 Å². The van der Waals surface area contributed by atoms with Crippen molar-refractivity contribution in [3.05, 3.63) is 41.7 Å². The van der Waals surface area contributed by atoms with E-state index in [1.54, 1.807) is 25.1 Å². The number of carbonyl (C=O) groups excluding carboxylic acids is 1. The molecule has 1 heterocycles. The highest BCUT2D eigenvalue weighted by Crippen LogP contribution is 2.27. The van der Waals surface area contributed by atoms with E-state index in [2.05, 4.69) is 0 Å². The highest BCUT2D eigenvalue weighted by Gasteiger charge is 2.45. The molecular weight excluding hydrogens is 195 g/mol. The quantitative estimate of drug-likeness (QED) is 0.560. The fourth-order valence-corrected chi connectivity index (χ4v) is 1.17. The number of ketones is 1. The van der Waals surface area contributed by atoms with Crippen LogP contribution in [-0.4, -0.2) is 18.0 Å². The molecule has 1 atom stereocenters. The van der Waals surface area contributed by atoms with Crippen LogP contribution < -0.4 is 0 Å². The van der Waals surface area contributed by atoms with Crippen LogP contribution in [0, 0.1) is 5.82 Å². The average molecular weight is 206 g/mol. The summed E-state index contributed by atoms with van der Waals surface area (Å²) >= 11 is 0. The minimum atomic E-state index is -0.615. The summed E-state index contributed by atoms with van der Waals surface area (Å²) < 4.78 is 17.6. The van der Waals surface area contributed by atoms with Gasteiger partial charge < -0.3 is 4.74 Å². The first-order chi connectivity index (χ1) is 7.10. The topological polar surface area (TPSA) is 29.6 Å². The van der Waals surface area contributed by atoms with Gasteiger partial charge in [-0.1, -0.05) is 18.2 Å². The predicted octanol–water partition coefficient (Wildman–Crippen LogP) is 2.20. The van der Waals surface area contributed by atoms with Crippen molar-refractivity contribution in [2.24, 2.45) is 0 Å². The molecule has 0 unspecified atom stereocenters. The largest absolute Gasteiger partial charge is 0.361 e. The second-order valence-electron chi connectivity index (χ2n) is 3.77. The maximum Gasteiger partial charge on any atom is 0.189 e. The van der Waals surface area contributed by atoms with Gasteiger partial charge in [-0.05, 0) is 30.7 Å². The molecule has 1 fully saturated rings. The van der Waals surface area contributed by atoms with Crippen molar-refractivity contribution in [3.8, 4) is 0 Å². The van der Waals surface area contributed by atoms with Gasteiger partial charge in [0.15, 0.2) is 11.4 Å². The van der Waals surface area contributed by atoms with Gasteiger partial charge in [0.1, 0.15) is 5.82 Å². The van der Waals surface area contributed by atoms with E-state index in [1.807, 2.05) is 0 Å². The van der Waals surface area contributed by atoms with E-state index in [4.69, 9.17) is 4.74 Å². The van der Waals surface area contributed by atoms with E-state index in [-0.39, 0.29) is 11.6 Å². The van der Waals surface area contributed by atoms with E-state index < -0.39 is 5.60 Å². The van der Waals surface area contributed by atoms with Crippen LogP contribution in [-0.2, 0) is 9.53 Å². The maximum atomic E-state index is 12.6. The number of hydrogen-bond donors (Lipinski definition) is 0. The first-order valence-corrected chi connectivity index (χ1v) is 4.72. The van der Waals surface area contributed by atoms with Gasteiger partial charge in [-0.2, -0.15) is 0 Å². The molecular formula is C12H11FO2. The Labute approximate surface area is 87.4 Å². The molecule has 0 saturated carbocycles. The van der Waals surface area contributed by atoms with Crippen LogP contribution in [0.3, 0.4) is 0 Å². The van der Waals surface area contributed by atoms with Crippen molar-refractivity contribution >= 4 is 11.9 Å². The van der Waals surface area contributed by atoms with Crippen LogP contribution in [0.15, 0.2) is 30.3 Å². The van der Waals surface area contributed by atoms with Crippen LogP contribution in [0.1, 0.15) is 12.5 Å². The molecule has 1 saturated heterocycles. The minimum absolute atomic E-state index is 0.0492. The van der Waals surface area contributed by atoms with E-state index in [0.717, 1.165) is 5.56 Å². The molecule has 78 valence electrons. The summed E-state index contributed by atoms with van der Waals surface area (Å²) in [6, 6.07) is 5.96. The summed E-state index contributed by atoms with van der Waals surface area (Å²) in [5, 5.41) is 0. The molecule has 0 aromatic heterocycles. The molecule has 0 N–H and O–H groups in total. The van der Waals surface area contributed by atoms with Gasteiger partial charge in [-0.15, -0.1) is 0 Å². The molecule has 1 aromatic rings. The molecule has 2 rings (SSSR count). The van der Waals surface area contributed by atoms with E-state index in [1.165, 1.54) is 18.2 Å². The molecule has 15 heavy (non-hydrogen) atoms. The lowest BCUT2D eigenvalue weighted by Gasteiger charge is -1.97. The third kappa shape index (κ3) is 2.30. The molecule has 1 aliphatic rings. The molecule has 0 bridgehead atoms. The van der Waals surface area contributed by atoms with Gasteiger partial charge in [-0.25, -0.2) is 4.39 Å². The number of ether oxygens (including phenoxy) is 1. The van der Waals surface area contributed by atoms with E-state index in [0.29, 0.717) is 6.61 Å². The van der Waals surface area contributed by atoms with Gasteiger partial charge in [0.25, 0.3) is 0 Å². The third-order valence-corrected chi connectivity index (χ3v) is 2.40. The summed E-state index contributed by atoms with van der Waals surface area (Å²) in [6.07, 6.45) is 3.13. The zero-order valence-electron chi connectivity index (χ0n) is 8.37. The Morgan fingerprint density at radius 1 is 1.47 bits per heavy atom. The summed E-state index contributed by atoms with van der Waals surface area (Å²) in [7, 11) is 0. The highest BCUT2D eigenvalue weighted by atomic mass is 19.1. The van der Waals surface area contributed by atoms with Gasteiger partial charge in [0.05, 0.1) is 6.61 Å².